The third kappa shape index (κ3) is 4.01. The van der Waals surface area contributed by atoms with Gasteiger partial charge < -0.3 is 14.2 Å². The van der Waals surface area contributed by atoms with Crippen molar-refractivity contribution in [2.45, 2.75) is 6.54 Å². The molecule has 0 spiro atoms. The maximum Gasteiger partial charge on any atom is 0.283 e. The molecule has 3 rings (SSSR count). The fraction of sp³-hybridized carbons (Fsp3) is 0.188. The average Bonchev–Trinajstić information content (AvgIpc) is 3.20. The molecule has 0 aliphatic carbocycles. The van der Waals surface area contributed by atoms with Gasteiger partial charge in [-0.1, -0.05) is 23.7 Å². The minimum Gasteiger partial charge on any atom is -0.459 e. The number of anilines is 1. The van der Waals surface area contributed by atoms with Crippen molar-refractivity contribution in [3.05, 3.63) is 53.6 Å². The van der Waals surface area contributed by atoms with Crippen LogP contribution in [0.2, 0.25) is 5.02 Å². The van der Waals surface area contributed by atoms with Crippen LogP contribution in [0.5, 0.6) is 0 Å². The number of halogens is 1. The first-order valence-electron chi connectivity index (χ1n) is 7.21. The first-order chi connectivity index (χ1) is 11.6. The molecule has 0 bridgehead atoms. The summed E-state index contributed by atoms with van der Waals surface area (Å²) in [7, 11) is 1.78. The second-order valence-corrected chi connectivity index (χ2v) is 5.59. The number of para-hydroxylation sites is 1. The van der Waals surface area contributed by atoms with Gasteiger partial charge in [-0.2, -0.15) is 0 Å². The van der Waals surface area contributed by atoms with E-state index >= 15 is 0 Å². The Morgan fingerprint density at radius 1 is 1.25 bits per heavy atom. The fourth-order valence-corrected chi connectivity index (χ4v) is 2.28. The Morgan fingerprint density at radius 2 is 2.08 bits per heavy atom. The monoisotopic (exact) mass is 346 g/mol. The Morgan fingerprint density at radius 3 is 2.83 bits per heavy atom. The van der Waals surface area contributed by atoms with E-state index in [2.05, 4.69) is 15.5 Å². The number of furan rings is 1. The third-order valence-electron chi connectivity index (χ3n) is 3.17. The topological polar surface area (TPSA) is 84.4 Å². The van der Waals surface area contributed by atoms with Crippen molar-refractivity contribution in [3.8, 4) is 11.7 Å². The molecule has 1 N–H and O–H groups in total. The molecule has 0 fully saturated rings. The minimum atomic E-state index is -0.184. The van der Waals surface area contributed by atoms with Gasteiger partial charge in [-0.05, 0) is 31.3 Å². The summed E-state index contributed by atoms with van der Waals surface area (Å²) in [6.45, 7) is 0.493. The molecule has 2 heterocycles. The summed E-state index contributed by atoms with van der Waals surface area (Å²) in [5.74, 6) is 1.03. The van der Waals surface area contributed by atoms with E-state index in [1.807, 2.05) is 0 Å². The zero-order chi connectivity index (χ0) is 16.9. The van der Waals surface area contributed by atoms with Gasteiger partial charge in [0.15, 0.2) is 5.76 Å². The van der Waals surface area contributed by atoms with E-state index in [1.54, 1.807) is 48.3 Å². The Hall–Kier alpha value is -2.64. The molecule has 0 saturated carbocycles. The van der Waals surface area contributed by atoms with Crippen molar-refractivity contribution in [3.63, 3.8) is 0 Å². The molecule has 0 unspecified atom stereocenters. The lowest BCUT2D eigenvalue weighted by molar-refractivity contribution is -0.117. The molecular weight excluding hydrogens is 332 g/mol. The van der Waals surface area contributed by atoms with Crippen LogP contribution in [0.3, 0.4) is 0 Å². The first-order valence-corrected chi connectivity index (χ1v) is 7.59. The Balaban J connectivity index is 1.55. The van der Waals surface area contributed by atoms with Crippen molar-refractivity contribution in [1.82, 2.24) is 15.1 Å². The van der Waals surface area contributed by atoms with E-state index in [0.29, 0.717) is 34.8 Å². The van der Waals surface area contributed by atoms with Crippen LogP contribution < -0.4 is 5.32 Å². The normalized spacial score (nSPS) is 11.0. The molecule has 0 aliphatic rings. The lowest BCUT2D eigenvalue weighted by Gasteiger charge is -2.14. The van der Waals surface area contributed by atoms with Crippen LogP contribution in [0.1, 0.15) is 5.89 Å². The third-order valence-corrected chi connectivity index (χ3v) is 3.50. The maximum atomic E-state index is 12.1. The highest BCUT2D eigenvalue weighted by atomic mass is 35.5. The largest absolute Gasteiger partial charge is 0.459 e. The number of hydrogen-bond donors (Lipinski definition) is 1. The zero-order valence-corrected chi connectivity index (χ0v) is 13.7. The van der Waals surface area contributed by atoms with Gasteiger partial charge in [0.25, 0.3) is 5.89 Å². The molecule has 3 aromatic rings. The Labute approximate surface area is 143 Å². The summed E-state index contributed by atoms with van der Waals surface area (Å²) in [5, 5.41) is 11.1. The van der Waals surface area contributed by atoms with Crippen molar-refractivity contribution in [1.29, 1.82) is 0 Å². The van der Waals surface area contributed by atoms with Gasteiger partial charge in [0.1, 0.15) is 0 Å². The molecule has 0 radical (unpaired) electrons. The number of amides is 1. The highest BCUT2D eigenvalue weighted by Crippen LogP contribution is 2.20. The van der Waals surface area contributed by atoms with E-state index in [1.165, 1.54) is 6.26 Å². The number of rotatable bonds is 6. The molecule has 124 valence electrons. The van der Waals surface area contributed by atoms with Gasteiger partial charge in [0, 0.05) is 0 Å². The molecule has 1 amide bonds. The van der Waals surface area contributed by atoms with Crippen molar-refractivity contribution < 1.29 is 13.6 Å². The van der Waals surface area contributed by atoms with Crippen LogP contribution >= 0.6 is 11.6 Å². The number of hydrogen-bond acceptors (Lipinski definition) is 6. The van der Waals surface area contributed by atoms with Gasteiger partial charge in [-0.15, -0.1) is 10.2 Å². The average molecular weight is 347 g/mol. The van der Waals surface area contributed by atoms with Gasteiger partial charge in [-0.3, -0.25) is 9.69 Å². The van der Waals surface area contributed by atoms with Crippen LogP contribution in [-0.4, -0.2) is 34.6 Å². The second-order valence-electron chi connectivity index (χ2n) is 5.18. The molecule has 0 atom stereocenters. The minimum absolute atomic E-state index is 0.156. The van der Waals surface area contributed by atoms with E-state index in [0.717, 1.165) is 0 Å². The van der Waals surface area contributed by atoms with Crippen LogP contribution in [0.4, 0.5) is 5.69 Å². The molecular formula is C16H15ClN4O3. The highest BCUT2D eigenvalue weighted by Gasteiger charge is 2.14. The molecule has 0 saturated heterocycles. The van der Waals surface area contributed by atoms with E-state index in [-0.39, 0.29) is 12.5 Å². The number of benzene rings is 1. The maximum absolute atomic E-state index is 12.1. The molecule has 7 nitrogen and oxygen atoms in total. The van der Waals surface area contributed by atoms with Crippen LogP contribution in [0.25, 0.3) is 11.7 Å². The number of carbonyl (C=O) groups is 1. The van der Waals surface area contributed by atoms with Crippen LogP contribution in [-0.2, 0) is 11.3 Å². The smallest absolute Gasteiger partial charge is 0.283 e. The predicted octanol–water partition coefficient (Wildman–Crippen LogP) is 3.05. The molecule has 8 heteroatoms. The number of nitrogens with zero attached hydrogens (tertiary/aromatic N) is 3. The van der Waals surface area contributed by atoms with E-state index in [9.17, 15) is 4.79 Å². The van der Waals surface area contributed by atoms with Crippen molar-refractivity contribution in [2.24, 2.45) is 0 Å². The van der Waals surface area contributed by atoms with Crippen LogP contribution in [0.15, 0.2) is 51.5 Å². The van der Waals surface area contributed by atoms with Gasteiger partial charge in [0.2, 0.25) is 11.8 Å². The summed E-state index contributed by atoms with van der Waals surface area (Å²) in [6.07, 6.45) is 1.53. The summed E-state index contributed by atoms with van der Waals surface area (Å²) < 4.78 is 10.7. The summed E-state index contributed by atoms with van der Waals surface area (Å²) in [6, 6.07) is 10.5. The standard InChI is InChI=1S/C16H15ClN4O3/c1-21(9-14(22)18-12-6-3-2-5-11(12)17)10-15-19-20-16(24-15)13-7-4-8-23-13/h2-8H,9-10H2,1H3,(H,18,22). The quantitative estimate of drug-likeness (QED) is 0.738. The van der Waals surface area contributed by atoms with Crippen molar-refractivity contribution >= 4 is 23.2 Å². The summed E-state index contributed by atoms with van der Waals surface area (Å²) >= 11 is 6.02. The van der Waals surface area contributed by atoms with Crippen LogP contribution in [0, 0.1) is 0 Å². The lowest BCUT2D eigenvalue weighted by atomic mass is 10.3. The predicted molar refractivity (Wildman–Crippen MR) is 88.4 cm³/mol. The first kappa shape index (κ1) is 16.2. The Kier molecular flexibility index (Phi) is 4.93. The fourth-order valence-electron chi connectivity index (χ4n) is 2.10. The summed E-state index contributed by atoms with van der Waals surface area (Å²) in [4.78, 5) is 13.8. The number of carbonyl (C=O) groups excluding carboxylic acids is 1. The highest BCUT2D eigenvalue weighted by molar-refractivity contribution is 6.33. The van der Waals surface area contributed by atoms with Gasteiger partial charge >= 0.3 is 0 Å². The summed E-state index contributed by atoms with van der Waals surface area (Å²) in [5.41, 5.74) is 0.579. The number of nitrogens with one attached hydrogen (secondary N) is 1. The SMILES string of the molecule is CN(CC(=O)Nc1ccccc1Cl)Cc1nnc(-c2ccco2)o1. The van der Waals surface area contributed by atoms with E-state index in [4.69, 9.17) is 20.4 Å². The second kappa shape index (κ2) is 7.29. The van der Waals surface area contributed by atoms with Gasteiger partial charge in [0.05, 0.1) is 30.1 Å². The molecule has 2 aromatic heterocycles. The number of likely N-dealkylation sites (N-methyl/N-ethyl adjacent to an activating group) is 1. The molecule has 0 aliphatic heterocycles. The zero-order valence-electron chi connectivity index (χ0n) is 12.9. The van der Waals surface area contributed by atoms with Crippen molar-refractivity contribution in [2.75, 3.05) is 18.9 Å². The lowest BCUT2D eigenvalue weighted by Crippen LogP contribution is -2.30. The Bertz CT molecular complexity index is 816. The van der Waals surface area contributed by atoms with Gasteiger partial charge in [-0.25, -0.2) is 0 Å². The molecule has 1 aromatic carbocycles. The number of aromatic nitrogens is 2. The van der Waals surface area contributed by atoms with E-state index < -0.39 is 0 Å². The molecule has 24 heavy (non-hydrogen) atoms.